The van der Waals surface area contributed by atoms with Gasteiger partial charge in [-0.3, -0.25) is 0 Å². The first-order valence-corrected chi connectivity index (χ1v) is 6.52. The highest BCUT2D eigenvalue weighted by Gasteiger charge is 2.23. The van der Waals surface area contributed by atoms with Gasteiger partial charge in [-0.25, -0.2) is 4.79 Å². The number of piperidine rings is 1. The van der Waals surface area contributed by atoms with E-state index >= 15 is 0 Å². The fourth-order valence-corrected chi connectivity index (χ4v) is 2.57. The number of anilines is 2. The lowest BCUT2D eigenvalue weighted by atomic mass is 10.0. The van der Waals surface area contributed by atoms with Crippen LogP contribution in [0.5, 0.6) is 0 Å². The van der Waals surface area contributed by atoms with Crippen molar-refractivity contribution in [2.24, 2.45) is 0 Å². The van der Waals surface area contributed by atoms with E-state index in [-0.39, 0.29) is 12.6 Å². The molecular weight excluding hydrogens is 244 g/mol. The number of methoxy groups -OCH3 is 1. The SMILES string of the molecule is COC(=O)c1ccc(N2CCCCC2CO)c(N)c1. The highest BCUT2D eigenvalue weighted by molar-refractivity contribution is 5.92. The smallest absolute Gasteiger partial charge is 0.337 e. The highest BCUT2D eigenvalue weighted by atomic mass is 16.5. The molecule has 0 saturated carbocycles. The predicted molar refractivity (Wildman–Crippen MR) is 74.3 cm³/mol. The van der Waals surface area contributed by atoms with Crippen LogP contribution in [0.25, 0.3) is 0 Å². The lowest BCUT2D eigenvalue weighted by Gasteiger charge is -2.37. The number of carbonyl (C=O) groups is 1. The average molecular weight is 264 g/mol. The van der Waals surface area contributed by atoms with Gasteiger partial charge in [0.05, 0.1) is 36.7 Å². The maximum atomic E-state index is 11.4. The number of rotatable bonds is 3. The van der Waals surface area contributed by atoms with Crippen LogP contribution in [-0.4, -0.2) is 37.4 Å². The Morgan fingerprint density at radius 2 is 2.32 bits per heavy atom. The third kappa shape index (κ3) is 2.81. The van der Waals surface area contributed by atoms with Crippen LogP contribution >= 0.6 is 0 Å². The number of benzene rings is 1. The minimum absolute atomic E-state index is 0.111. The number of carbonyl (C=O) groups excluding carboxylic acids is 1. The van der Waals surface area contributed by atoms with Crippen molar-refractivity contribution in [3.63, 3.8) is 0 Å². The molecule has 1 heterocycles. The highest BCUT2D eigenvalue weighted by Crippen LogP contribution is 2.30. The van der Waals surface area contributed by atoms with E-state index in [2.05, 4.69) is 9.64 Å². The summed E-state index contributed by atoms with van der Waals surface area (Å²) in [6.45, 7) is 1.01. The minimum atomic E-state index is -0.393. The molecule has 0 amide bonds. The molecule has 1 saturated heterocycles. The van der Waals surface area contributed by atoms with Gasteiger partial charge in [0.25, 0.3) is 0 Å². The number of nitrogens with two attached hydrogens (primary N) is 1. The molecule has 19 heavy (non-hydrogen) atoms. The molecule has 2 rings (SSSR count). The van der Waals surface area contributed by atoms with E-state index in [4.69, 9.17) is 5.73 Å². The Bertz CT molecular complexity index is 462. The van der Waals surface area contributed by atoms with Gasteiger partial charge in [0, 0.05) is 6.54 Å². The summed E-state index contributed by atoms with van der Waals surface area (Å²) in [6, 6.07) is 5.28. The van der Waals surface area contributed by atoms with Gasteiger partial charge >= 0.3 is 5.97 Å². The van der Waals surface area contributed by atoms with Crippen LogP contribution in [0.1, 0.15) is 29.6 Å². The summed E-state index contributed by atoms with van der Waals surface area (Å²) < 4.78 is 4.67. The van der Waals surface area contributed by atoms with Crippen molar-refractivity contribution in [3.8, 4) is 0 Å². The molecule has 1 aromatic rings. The number of ether oxygens (including phenoxy) is 1. The monoisotopic (exact) mass is 264 g/mol. The Balaban J connectivity index is 2.27. The molecule has 5 heteroatoms. The number of hydrogen-bond acceptors (Lipinski definition) is 5. The van der Waals surface area contributed by atoms with Crippen LogP contribution < -0.4 is 10.6 Å². The molecule has 1 aliphatic rings. The normalized spacial score (nSPS) is 19.3. The third-order valence-corrected chi connectivity index (χ3v) is 3.60. The summed E-state index contributed by atoms with van der Waals surface area (Å²) in [4.78, 5) is 13.6. The summed E-state index contributed by atoms with van der Waals surface area (Å²) in [5, 5.41) is 9.44. The van der Waals surface area contributed by atoms with Crippen LogP contribution in [0, 0.1) is 0 Å². The topological polar surface area (TPSA) is 75.8 Å². The van der Waals surface area contributed by atoms with Gasteiger partial charge in [-0.15, -0.1) is 0 Å². The van der Waals surface area contributed by atoms with Crippen molar-refractivity contribution in [2.75, 3.05) is 30.9 Å². The average Bonchev–Trinajstić information content (AvgIpc) is 2.46. The summed E-state index contributed by atoms with van der Waals surface area (Å²) in [6.07, 6.45) is 3.19. The zero-order valence-corrected chi connectivity index (χ0v) is 11.1. The third-order valence-electron chi connectivity index (χ3n) is 3.60. The molecule has 104 valence electrons. The first-order valence-electron chi connectivity index (χ1n) is 6.52. The maximum absolute atomic E-state index is 11.4. The van der Waals surface area contributed by atoms with E-state index in [9.17, 15) is 9.90 Å². The molecule has 5 nitrogen and oxygen atoms in total. The quantitative estimate of drug-likeness (QED) is 0.637. The second kappa shape index (κ2) is 5.93. The molecule has 0 aliphatic carbocycles. The molecular formula is C14H20N2O3. The number of aliphatic hydroxyl groups excluding tert-OH is 1. The minimum Gasteiger partial charge on any atom is -0.465 e. The molecule has 0 spiro atoms. The van der Waals surface area contributed by atoms with Gasteiger partial charge in [-0.1, -0.05) is 0 Å². The molecule has 3 N–H and O–H groups in total. The van der Waals surface area contributed by atoms with E-state index in [1.54, 1.807) is 12.1 Å². The van der Waals surface area contributed by atoms with Gasteiger partial charge in [-0.2, -0.15) is 0 Å². The molecule has 1 aromatic carbocycles. The zero-order chi connectivity index (χ0) is 13.8. The standard InChI is InChI=1S/C14H20N2O3/c1-19-14(18)10-5-6-13(12(15)8-10)16-7-3-2-4-11(16)9-17/h5-6,8,11,17H,2-4,7,9,15H2,1H3. The van der Waals surface area contributed by atoms with Gasteiger partial charge in [0.1, 0.15) is 0 Å². The lowest BCUT2D eigenvalue weighted by molar-refractivity contribution is 0.0601. The lowest BCUT2D eigenvalue weighted by Crippen LogP contribution is -2.42. The number of nitrogen functional groups attached to an aromatic ring is 1. The van der Waals surface area contributed by atoms with Gasteiger partial charge in [0.15, 0.2) is 0 Å². The van der Waals surface area contributed by atoms with Gasteiger partial charge in [0.2, 0.25) is 0 Å². The van der Waals surface area contributed by atoms with E-state index in [1.807, 2.05) is 6.07 Å². The zero-order valence-electron chi connectivity index (χ0n) is 11.1. The molecule has 1 atom stereocenters. The first-order chi connectivity index (χ1) is 9.17. The molecule has 1 fully saturated rings. The number of esters is 1. The van der Waals surface area contributed by atoms with Gasteiger partial charge in [-0.05, 0) is 37.5 Å². The Hall–Kier alpha value is -1.75. The van der Waals surface area contributed by atoms with Crippen LogP contribution in [-0.2, 0) is 4.74 Å². The van der Waals surface area contributed by atoms with E-state index in [0.717, 1.165) is 31.5 Å². The number of aliphatic hydroxyl groups is 1. The summed E-state index contributed by atoms with van der Waals surface area (Å²) >= 11 is 0. The number of hydrogen-bond donors (Lipinski definition) is 2. The Kier molecular flexibility index (Phi) is 4.27. The molecule has 0 radical (unpaired) electrons. The summed E-state index contributed by atoms with van der Waals surface area (Å²) in [7, 11) is 1.35. The van der Waals surface area contributed by atoms with Crippen molar-refractivity contribution in [1.82, 2.24) is 0 Å². The van der Waals surface area contributed by atoms with Crippen molar-refractivity contribution >= 4 is 17.3 Å². The molecule has 1 unspecified atom stereocenters. The molecule has 1 aliphatic heterocycles. The fourth-order valence-electron chi connectivity index (χ4n) is 2.57. The first kappa shape index (κ1) is 13.7. The van der Waals surface area contributed by atoms with E-state index < -0.39 is 5.97 Å². The van der Waals surface area contributed by atoms with E-state index in [1.165, 1.54) is 7.11 Å². The summed E-state index contributed by atoms with van der Waals surface area (Å²) in [5.41, 5.74) is 7.90. The Morgan fingerprint density at radius 3 is 2.95 bits per heavy atom. The van der Waals surface area contributed by atoms with Crippen molar-refractivity contribution in [1.29, 1.82) is 0 Å². The summed E-state index contributed by atoms with van der Waals surface area (Å²) in [5.74, 6) is -0.393. The van der Waals surface area contributed by atoms with Crippen LogP contribution in [0.15, 0.2) is 18.2 Å². The van der Waals surface area contributed by atoms with Crippen molar-refractivity contribution in [2.45, 2.75) is 25.3 Å². The fraction of sp³-hybridized carbons (Fsp3) is 0.500. The van der Waals surface area contributed by atoms with Crippen LogP contribution in [0.2, 0.25) is 0 Å². The number of nitrogens with zero attached hydrogens (tertiary/aromatic N) is 1. The largest absolute Gasteiger partial charge is 0.465 e. The van der Waals surface area contributed by atoms with Gasteiger partial charge < -0.3 is 20.5 Å². The predicted octanol–water partition coefficient (Wildman–Crippen LogP) is 1.41. The van der Waals surface area contributed by atoms with Crippen molar-refractivity contribution < 1.29 is 14.6 Å². The van der Waals surface area contributed by atoms with Crippen molar-refractivity contribution in [3.05, 3.63) is 23.8 Å². The molecule has 0 bridgehead atoms. The Labute approximate surface area is 113 Å². The second-order valence-corrected chi connectivity index (χ2v) is 4.79. The Morgan fingerprint density at radius 1 is 1.53 bits per heavy atom. The maximum Gasteiger partial charge on any atom is 0.337 e. The second-order valence-electron chi connectivity index (χ2n) is 4.79. The van der Waals surface area contributed by atoms with Crippen LogP contribution in [0.3, 0.4) is 0 Å². The van der Waals surface area contributed by atoms with E-state index in [0.29, 0.717) is 11.3 Å². The molecule has 0 aromatic heterocycles. The van der Waals surface area contributed by atoms with Crippen LogP contribution in [0.4, 0.5) is 11.4 Å².